The smallest absolute Gasteiger partial charge is 0.286 e. The Morgan fingerprint density at radius 1 is 0.882 bits per heavy atom. The average molecular weight is 474 g/mol. The van der Waals surface area contributed by atoms with Crippen molar-refractivity contribution in [2.45, 2.75) is 6.61 Å². The molecule has 7 heteroatoms. The number of benzene rings is 3. The first-order valence-electron chi connectivity index (χ1n) is 11.2. The van der Waals surface area contributed by atoms with Gasteiger partial charge in [-0.15, -0.1) is 0 Å². The topological polar surface area (TPSA) is 45.1 Å². The van der Waals surface area contributed by atoms with Crippen LogP contribution in [0.15, 0.2) is 88.8 Å². The maximum Gasteiger partial charge on any atom is 0.286 e. The quantitative estimate of drug-likeness (QED) is 0.477. The zero-order valence-corrected chi connectivity index (χ0v) is 19.4. The van der Waals surface area contributed by atoms with Crippen LogP contribution in [0.3, 0.4) is 0 Å². The van der Waals surface area contributed by atoms with E-state index in [4.69, 9.17) is 4.74 Å². The molecule has 172 valence electrons. The molecule has 34 heavy (non-hydrogen) atoms. The van der Waals surface area contributed by atoms with Crippen LogP contribution in [0.1, 0.15) is 11.1 Å². The fourth-order valence-corrected chi connectivity index (χ4v) is 4.90. The largest absolute Gasteiger partial charge is 0.488 e. The number of ether oxygens (including phenoxy) is 1. The highest BCUT2D eigenvalue weighted by atomic mass is 32.2. The summed E-state index contributed by atoms with van der Waals surface area (Å²) in [5.41, 5.74) is 2.94. The van der Waals surface area contributed by atoms with Crippen molar-refractivity contribution in [3.05, 3.63) is 101 Å². The SMILES string of the molecule is O=C1N=C(N2CCN(c3ccc(F)cc3)CC2)S/C1=C\c1ccccc1OCc1ccccc1. The van der Waals surface area contributed by atoms with E-state index in [0.29, 0.717) is 11.5 Å². The molecule has 5 nitrogen and oxygen atoms in total. The third-order valence-corrected chi connectivity index (χ3v) is 6.84. The Balaban J connectivity index is 1.23. The number of anilines is 1. The number of hydrogen-bond acceptors (Lipinski definition) is 5. The van der Waals surface area contributed by atoms with Gasteiger partial charge < -0.3 is 14.5 Å². The summed E-state index contributed by atoms with van der Waals surface area (Å²) in [6.45, 7) is 3.53. The first-order chi connectivity index (χ1) is 16.7. The van der Waals surface area contributed by atoms with Crippen molar-refractivity contribution in [2.24, 2.45) is 4.99 Å². The van der Waals surface area contributed by atoms with Crippen molar-refractivity contribution >= 4 is 34.6 Å². The first kappa shape index (κ1) is 22.2. The van der Waals surface area contributed by atoms with Gasteiger partial charge in [-0.2, -0.15) is 4.99 Å². The van der Waals surface area contributed by atoms with Crippen molar-refractivity contribution in [3.8, 4) is 5.75 Å². The Morgan fingerprint density at radius 3 is 2.32 bits per heavy atom. The molecule has 0 aliphatic carbocycles. The van der Waals surface area contributed by atoms with Gasteiger partial charge in [0, 0.05) is 37.4 Å². The van der Waals surface area contributed by atoms with E-state index >= 15 is 0 Å². The van der Waals surface area contributed by atoms with Crippen LogP contribution in [0.25, 0.3) is 6.08 Å². The minimum Gasteiger partial charge on any atom is -0.488 e. The highest BCUT2D eigenvalue weighted by Crippen LogP contribution is 2.33. The molecule has 0 radical (unpaired) electrons. The van der Waals surface area contributed by atoms with E-state index in [-0.39, 0.29) is 11.7 Å². The molecule has 0 saturated carbocycles. The summed E-state index contributed by atoms with van der Waals surface area (Å²) in [6, 6.07) is 24.3. The Morgan fingerprint density at radius 2 is 1.56 bits per heavy atom. The third kappa shape index (κ3) is 5.15. The lowest BCUT2D eigenvalue weighted by Gasteiger charge is -2.36. The molecule has 0 atom stereocenters. The third-order valence-electron chi connectivity index (χ3n) is 5.79. The van der Waals surface area contributed by atoms with E-state index in [1.165, 1.54) is 23.9 Å². The first-order valence-corrected chi connectivity index (χ1v) is 12.0. The lowest BCUT2D eigenvalue weighted by atomic mass is 10.2. The van der Waals surface area contributed by atoms with Crippen molar-refractivity contribution in [1.82, 2.24) is 4.90 Å². The van der Waals surface area contributed by atoms with Crippen LogP contribution < -0.4 is 9.64 Å². The van der Waals surface area contributed by atoms with E-state index in [2.05, 4.69) is 14.8 Å². The van der Waals surface area contributed by atoms with Gasteiger partial charge in [-0.3, -0.25) is 4.79 Å². The van der Waals surface area contributed by atoms with Crippen LogP contribution in [-0.2, 0) is 11.4 Å². The predicted octanol–water partition coefficient (Wildman–Crippen LogP) is 5.20. The number of aliphatic imine (C=N–C) groups is 1. The van der Waals surface area contributed by atoms with Gasteiger partial charge in [-0.25, -0.2) is 4.39 Å². The number of thioether (sulfide) groups is 1. The number of carbonyl (C=O) groups excluding carboxylic acids is 1. The van der Waals surface area contributed by atoms with E-state index < -0.39 is 0 Å². The zero-order chi connectivity index (χ0) is 23.3. The molecular weight excluding hydrogens is 449 g/mol. The van der Waals surface area contributed by atoms with Gasteiger partial charge in [0.25, 0.3) is 5.91 Å². The fourth-order valence-electron chi connectivity index (χ4n) is 3.95. The molecule has 0 N–H and O–H groups in total. The Kier molecular flexibility index (Phi) is 6.62. The molecule has 2 aliphatic heterocycles. The predicted molar refractivity (Wildman–Crippen MR) is 135 cm³/mol. The standard InChI is InChI=1S/C27H24FN3O2S/c28-22-10-12-23(13-11-22)30-14-16-31(17-15-30)27-29-26(32)25(34-27)18-21-8-4-5-9-24(21)33-19-20-6-2-1-3-7-20/h1-13,18H,14-17,19H2/b25-18-. The van der Waals surface area contributed by atoms with Gasteiger partial charge in [0.05, 0.1) is 4.91 Å². The molecule has 5 rings (SSSR count). The number of para-hydroxylation sites is 1. The molecule has 2 aliphatic rings. The Bertz CT molecular complexity index is 1220. The highest BCUT2D eigenvalue weighted by molar-refractivity contribution is 8.18. The van der Waals surface area contributed by atoms with E-state index in [9.17, 15) is 9.18 Å². The monoisotopic (exact) mass is 473 g/mol. The summed E-state index contributed by atoms with van der Waals surface area (Å²) in [5.74, 6) is 0.274. The number of nitrogens with zero attached hydrogens (tertiary/aromatic N) is 3. The van der Waals surface area contributed by atoms with Crippen molar-refractivity contribution in [2.75, 3.05) is 31.1 Å². The van der Waals surface area contributed by atoms with Gasteiger partial charge >= 0.3 is 0 Å². The normalized spacial score (nSPS) is 17.3. The molecule has 0 aromatic heterocycles. The van der Waals surface area contributed by atoms with Gasteiger partial charge in [-0.05, 0) is 53.7 Å². The number of amides is 1. The lowest BCUT2D eigenvalue weighted by Crippen LogP contribution is -2.47. The molecule has 3 aromatic carbocycles. The average Bonchev–Trinajstić information content (AvgIpc) is 3.25. The Labute approximate surface area is 202 Å². The van der Waals surface area contributed by atoms with Crippen molar-refractivity contribution < 1.29 is 13.9 Å². The van der Waals surface area contributed by atoms with Gasteiger partial charge in [-0.1, -0.05) is 48.5 Å². The van der Waals surface area contributed by atoms with Crippen LogP contribution in [0, 0.1) is 5.82 Å². The van der Waals surface area contributed by atoms with Gasteiger partial charge in [0.15, 0.2) is 5.17 Å². The molecular formula is C27H24FN3O2S. The minimum atomic E-state index is -0.232. The number of halogens is 1. The summed E-state index contributed by atoms with van der Waals surface area (Å²) in [6.07, 6.45) is 1.86. The van der Waals surface area contributed by atoms with E-state index in [1.807, 2.05) is 60.7 Å². The van der Waals surface area contributed by atoms with Crippen LogP contribution in [-0.4, -0.2) is 42.2 Å². The second kappa shape index (κ2) is 10.1. The molecule has 0 unspecified atom stereocenters. The zero-order valence-electron chi connectivity index (χ0n) is 18.6. The maximum absolute atomic E-state index is 13.2. The molecule has 1 saturated heterocycles. The van der Waals surface area contributed by atoms with Crippen LogP contribution in [0.2, 0.25) is 0 Å². The summed E-state index contributed by atoms with van der Waals surface area (Å²) in [7, 11) is 0. The van der Waals surface area contributed by atoms with E-state index in [1.54, 1.807) is 12.1 Å². The lowest BCUT2D eigenvalue weighted by molar-refractivity contribution is -0.113. The van der Waals surface area contributed by atoms with Crippen LogP contribution >= 0.6 is 11.8 Å². The van der Waals surface area contributed by atoms with Crippen molar-refractivity contribution in [3.63, 3.8) is 0 Å². The number of hydrogen-bond donors (Lipinski definition) is 0. The number of carbonyl (C=O) groups is 1. The summed E-state index contributed by atoms with van der Waals surface area (Å²) < 4.78 is 19.2. The molecule has 3 aromatic rings. The highest BCUT2D eigenvalue weighted by Gasteiger charge is 2.28. The molecule has 0 bridgehead atoms. The van der Waals surface area contributed by atoms with Crippen molar-refractivity contribution in [1.29, 1.82) is 0 Å². The fraction of sp³-hybridized carbons (Fsp3) is 0.185. The number of rotatable bonds is 5. The van der Waals surface area contributed by atoms with Crippen LogP contribution in [0.5, 0.6) is 5.75 Å². The Hall–Kier alpha value is -3.58. The molecule has 0 spiro atoms. The molecule has 1 amide bonds. The van der Waals surface area contributed by atoms with E-state index in [0.717, 1.165) is 53.9 Å². The molecule has 1 fully saturated rings. The second-order valence-corrected chi connectivity index (χ2v) is 9.08. The summed E-state index contributed by atoms with van der Waals surface area (Å²) in [5, 5.41) is 0.734. The number of piperazine rings is 1. The summed E-state index contributed by atoms with van der Waals surface area (Å²) in [4.78, 5) is 21.9. The molecule has 2 heterocycles. The van der Waals surface area contributed by atoms with Gasteiger partial charge in [0.2, 0.25) is 0 Å². The van der Waals surface area contributed by atoms with Crippen LogP contribution in [0.4, 0.5) is 10.1 Å². The minimum absolute atomic E-state index is 0.223. The van der Waals surface area contributed by atoms with Gasteiger partial charge in [0.1, 0.15) is 18.2 Å². The second-order valence-electron chi connectivity index (χ2n) is 8.07. The summed E-state index contributed by atoms with van der Waals surface area (Å²) >= 11 is 1.41. The maximum atomic E-state index is 13.2. The number of amidine groups is 1.